The minimum absolute atomic E-state index is 0.251. The van der Waals surface area contributed by atoms with E-state index in [0.717, 1.165) is 37.0 Å². The SMILES string of the molecule is C[C@@H](C(=O)OC(C(=O)N1CCCCC1)c1ccccc1)N1C(=O)C2CCCCC2C1=O. The average molecular weight is 427 g/mol. The Morgan fingerprint density at radius 1 is 0.903 bits per heavy atom. The van der Waals surface area contributed by atoms with Crippen LogP contribution in [0.2, 0.25) is 0 Å². The van der Waals surface area contributed by atoms with Crippen LogP contribution in [0.4, 0.5) is 0 Å². The van der Waals surface area contributed by atoms with Gasteiger partial charge < -0.3 is 9.64 Å². The van der Waals surface area contributed by atoms with Crippen molar-refractivity contribution in [2.45, 2.75) is 64.0 Å². The summed E-state index contributed by atoms with van der Waals surface area (Å²) in [7, 11) is 0. The topological polar surface area (TPSA) is 84.0 Å². The van der Waals surface area contributed by atoms with Gasteiger partial charge in [0.2, 0.25) is 17.9 Å². The Morgan fingerprint density at radius 3 is 2.06 bits per heavy atom. The Kier molecular flexibility index (Phi) is 6.39. The number of ether oxygens (including phenoxy) is 1. The average Bonchev–Trinajstić information content (AvgIpc) is 3.07. The van der Waals surface area contributed by atoms with Gasteiger partial charge in [-0.15, -0.1) is 0 Å². The largest absolute Gasteiger partial charge is 0.446 e. The number of amides is 3. The zero-order valence-electron chi connectivity index (χ0n) is 18.0. The molecular formula is C24H30N2O5. The van der Waals surface area contributed by atoms with E-state index in [1.807, 2.05) is 6.07 Å². The number of hydrogen-bond acceptors (Lipinski definition) is 5. The molecule has 1 saturated carbocycles. The highest BCUT2D eigenvalue weighted by Crippen LogP contribution is 2.39. The molecule has 2 aliphatic heterocycles. The second-order valence-corrected chi connectivity index (χ2v) is 8.83. The van der Waals surface area contributed by atoms with E-state index in [1.54, 1.807) is 29.2 Å². The lowest BCUT2D eigenvalue weighted by atomic mass is 9.81. The summed E-state index contributed by atoms with van der Waals surface area (Å²) in [6, 6.07) is 7.88. The van der Waals surface area contributed by atoms with Crippen molar-refractivity contribution in [3.63, 3.8) is 0 Å². The first-order chi connectivity index (χ1) is 15.0. The lowest BCUT2D eigenvalue weighted by Crippen LogP contribution is -2.46. The summed E-state index contributed by atoms with van der Waals surface area (Å²) in [5, 5.41) is 0. The Balaban J connectivity index is 1.52. The van der Waals surface area contributed by atoms with Crippen molar-refractivity contribution in [1.29, 1.82) is 0 Å². The molecule has 1 aromatic carbocycles. The van der Waals surface area contributed by atoms with Crippen molar-refractivity contribution >= 4 is 23.7 Å². The predicted molar refractivity (Wildman–Crippen MR) is 112 cm³/mol. The summed E-state index contributed by atoms with van der Waals surface area (Å²) < 4.78 is 5.70. The summed E-state index contributed by atoms with van der Waals surface area (Å²) >= 11 is 0. The standard InChI is InChI=1S/C24H30N2O5/c1-16(26-21(27)18-12-6-7-13-19(18)22(26)28)24(30)31-20(17-10-4-2-5-11-17)23(29)25-14-8-3-9-15-25/h2,4-5,10-11,16,18-20H,3,6-9,12-15H2,1H3/t16-,18?,19?,20?/m0/s1. The van der Waals surface area contributed by atoms with Gasteiger partial charge in [-0.2, -0.15) is 0 Å². The first-order valence-electron chi connectivity index (χ1n) is 11.4. The van der Waals surface area contributed by atoms with Gasteiger partial charge in [0.1, 0.15) is 6.04 Å². The maximum atomic E-state index is 13.2. The monoisotopic (exact) mass is 426 g/mol. The third-order valence-electron chi connectivity index (χ3n) is 6.83. The summed E-state index contributed by atoms with van der Waals surface area (Å²) in [4.78, 5) is 54.8. The summed E-state index contributed by atoms with van der Waals surface area (Å²) in [5.74, 6) is -2.18. The number of rotatable bonds is 5. The molecule has 166 valence electrons. The van der Waals surface area contributed by atoms with Crippen molar-refractivity contribution in [3.05, 3.63) is 35.9 Å². The summed E-state index contributed by atoms with van der Waals surface area (Å²) in [6.45, 7) is 2.80. The number of nitrogens with zero attached hydrogens (tertiary/aromatic N) is 2. The van der Waals surface area contributed by atoms with Crippen molar-refractivity contribution in [1.82, 2.24) is 9.80 Å². The number of hydrogen-bond donors (Lipinski definition) is 0. The fourth-order valence-electron chi connectivity index (χ4n) is 5.06. The number of carbonyl (C=O) groups is 4. The minimum atomic E-state index is -1.08. The Hall–Kier alpha value is -2.70. The lowest BCUT2D eigenvalue weighted by molar-refractivity contribution is -0.168. The number of imide groups is 1. The van der Waals surface area contributed by atoms with Crippen LogP contribution in [0.25, 0.3) is 0 Å². The summed E-state index contributed by atoms with van der Waals surface area (Å²) in [6.07, 6.45) is 5.08. The smallest absolute Gasteiger partial charge is 0.330 e. The molecule has 3 aliphatic rings. The number of carbonyl (C=O) groups excluding carboxylic acids is 4. The first kappa shape index (κ1) is 21.5. The van der Waals surface area contributed by atoms with E-state index in [1.165, 1.54) is 6.92 Å². The summed E-state index contributed by atoms with van der Waals surface area (Å²) in [5.41, 5.74) is 0.589. The van der Waals surface area contributed by atoms with Crippen LogP contribution in [0.3, 0.4) is 0 Å². The fourth-order valence-corrected chi connectivity index (χ4v) is 5.06. The molecular weight excluding hydrogens is 396 g/mol. The molecule has 3 unspecified atom stereocenters. The minimum Gasteiger partial charge on any atom is -0.446 e. The quantitative estimate of drug-likeness (QED) is 0.534. The number of piperidine rings is 1. The maximum Gasteiger partial charge on any atom is 0.330 e. The zero-order chi connectivity index (χ0) is 22.0. The van der Waals surface area contributed by atoms with Crippen LogP contribution in [-0.2, 0) is 23.9 Å². The fraction of sp³-hybridized carbons (Fsp3) is 0.583. The first-order valence-corrected chi connectivity index (χ1v) is 11.4. The Labute approximate surface area is 182 Å². The highest BCUT2D eigenvalue weighted by atomic mass is 16.6. The van der Waals surface area contributed by atoms with Crippen molar-refractivity contribution in [2.75, 3.05) is 13.1 Å². The van der Waals surface area contributed by atoms with Gasteiger partial charge in [-0.1, -0.05) is 43.2 Å². The van der Waals surface area contributed by atoms with Crippen molar-refractivity contribution in [3.8, 4) is 0 Å². The molecule has 4 rings (SSSR count). The molecule has 0 aromatic heterocycles. The zero-order valence-corrected chi connectivity index (χ0v) is 18.0. The maximum absolute atomic E-state index is 13.2. The van der Waals surface area contributed by atoms with Gasteiger partial charge in [-0.3, -0.25) is 19.3 Å². The van der Waals surface area contributed by atoms with E-state index in [4.69, 9.17) is 4.74 Å². The van der Waals surface area contributed by atoms with E-state index in [9.17, 15) is 19.2 Å². The molecule has 7 heteroatoms. The van der Waals surface area contributed by atoms with Gasteiger partial charge in [0.25, 0.3) is 5.91 Å². The van der Waals surface area contributed by atoms with Crippen molar-refractivity contribution < 1.29 is 23.9 Å². The highest BCUT2D eigenvalue weighted by Gasteiger charge is 2.51. The van der Waals surface area contributed by atoms with E-state index >= 15 is 0 Å². The molecule has 3 amide bonds. The highest BCUT2D eigenvalue weighted by molar-refractivity contribution is 6.07. The third-order valence-corrected chi connectivity index (χ3v) is 6.83. The van der Waals surface area contributed by atoms with Gasteiger partial charge in [-0.05, 0) is 39.0 Å². The molecule has 0 spiro atoms. The molecule has 4 atom stereocenters. The van der Waals surface area contributed by atoms with E-state index in [-0.39, 0.29) is 29.6 Å². The van der Waals surface area contributed by atoms with Crippen LogP contribution in [0, 0.1) is 11.8 Å². The number of benzene rings is 1. The van der Waals surface area contributed by atoms with Gasteiger partial charge in [-0.25, -0.2) is 4.79 Å². The normalized spacial score (nSPS) is 25.7. The molecule has 0 bridgehead atoms. The molecule has 3 fully saturated rings. The van der Waals surface area contributed by atoms with Crippen LogP contribution >= 0.6 is 0 Å². The van der Waals surface area contributed by atoms with E-state index in [0.29, 0.717) is 31.5 Å². The van der Waals surface area contributed by atoms with Gasteiger partial charge in [0.05, 0.1) is 11.8 Å². The molecule has 0 N–H and O–H groups in total. The molecule has 1 aliphatic carbocycles. The van der Waals surface area contributed by atoms with Gasteiger partial charge in [0.15, 0.2) is 0 Å². The van der Waals surface area contributed by atoms with Crippen LogP contribution < -0.4 is 0 Å². The molecule has 2 heterocycles. The van der Waals surface area contributed by atoms with Gasteiger partial charge >= 0.3 is 5.97 Å². The van der Waals surface area contributed by atoms with E-state index in [2.05, 4.69) is 0 Å². The van der Waals surface area contributed by atoms with Crippen LogP contribution in [0.1, 0.15) is 63.5 Å². The molecule has 1 aromatic rings. The number of likely N-dealkylation sites (tertiary alicyclic amines) is 2. The Morgan fingerprint density at radius 2 is 1.48 bits per heavy atom. The van der Waals surface area contributed by atoms with Crippen LogP contribution in [0.5, 0.6) is 0 Å². The predicted octanol–water partition coefficient (Wildman–Crippen LogP) is 2.85. The number of fused-ring (bicyclic) bond motifs is 1. The molecule has 31 heavy (non-hydrogen) atoms. The molecule has 7 nitrogen and oxygen atoms in total. The second kappa shape index (κ2) is 9.20. The van der Waals surface area contributed by atoms with Crippen LogP contribution in [0.15, 0.2) is 30.3 Å². The third kappa shape index (κ3) is 4.23. The Bertz CT molecular complexity index is 825. The second-order valence-electron chi connectivity index (χ2n) is 8.83. The number of esters is 1. The molecule has 0 radical (unpaired) electrons. The van der Waals surface area contributed by atoms with Gasteiger partial charge in [0, 0.05) is 18.7 Å². The lowest BCUT2D eigenvalue weighted by Gasteiger charge is -2.31. The molecule has 2 saturated heterocycles. The van der Waals surface area contributed by atoms with E-state index < -0.39 is 18.1 Å². The van der Waals surface area contributed by atoms with Crippen molar-refractivity contribution in [2.24, 2.45) is 11.8 Å². The van der Waals surface area contributed by atoms with Crippen LogP contribution in [-0.4, -0.2) is 52.6 Å².